The molecular weight excluding hydrogens is 506 g/mol. The number of hydrogen-bond donors (Lipinski definition) is 0. The summed E-state index contributed by atoms with van der Waals surface area (Å²) in [6.07, 6.45) is 3.16. The van der Waals surface area contributed by atoms with Crippen molar-refractivity contribution in [2.45, 2.75) is 42.0 Å². The highest BCUT2D eigenvalue weighted by Crippen LogP contribution is 2.59. The Balaban J connectivity index is 1.57. The zero-order valence-electron chi connectivity index (χ0n) is 19.6. The molecule has 1 aromatic heterocycles. The third-order valence-electron chi connectivity index (χ3n) is 7.31. The van der Waals surface area contributed by atoms with Gasteiger partial charge in [0.25, 0.3) is 0 Å². The van der Waals surface area contributed by atoms with Gasteiger partial charge in [-0.2, -0.15) is 4.98 Å². The highest BCUT2D eigenvalue weighted by atomic mass is 35.5. The fraction of sp³-hybridized carbons (Fsp3) is 0.346. The van der Waals surface area contributed by atoms with E-state index in [2.05, 4.69) is 11.6 Å². The minimum absolute atomic E-state index is 0.101. The van der Waals surface area contributed by atoms with E-state index in [1.165, 1.54) is 18.2 Å². The smallest absolute Gasteiger partial charge is 0.350 e. The van der Waals surface area contributed by atoms with E-state index >= 15 is 0 Å². The molecule has 3 heterocycles. The van der Waals surface area contributed by atoms with Gasteiger partial charge in [-0.05, 0) is 44.0 Å². The van der Waals surface area contributed by atoms with E-state index in [9.17, 15) is 18.4 Å². The molecule has 2 aliphatic heterocycles. The van der Waals surface area contributed by atoms with E-state index in [0.29, 0.717) is 53.5 Å². The average molecular weight is 529 g/mol. The van der Waals surface area contributed by atoms with Crippen LogP contribution in [-0.2, 0) is 11.3 Å². The lowest BCUT2D eigenvalue weighted by atomic mass is 10.0. The van der Waals surface area contributed by atoms with Gasteiger partial charge in [0.2, 0.25) is 5.91 Å². The van der Waals surface area contributed by atoms with Gasteiger partial charge in [0, 0.05) is 64.4 Å². The van der Waals surface area contributed by atoms with Crippen LogP contribution in [-0.4, -0.2) is 50.8 Å². The molecule has 36 heavy (non-hydrogen) atoms. The minimum Gasteiger partial charge on any atom is -0.350 e. The number of hydrogen-bond acceptors (Lipinski definition) is 5. The minimum atomic E-state index is -0.705. The van der Waals surface area contributed by atoms with E-state index in [1.54, 1.807) is 27.3 Å². The molecule has 1 aliphatic carbocycles. The summed E-state index contributed by atoms with van der Waals surface area (Å²) in [5, 5.41) is 1.02. The number of rotatable bonds is 3. The van der Waals surface area contributed by atoms with Gasteiger partial charge >= 0.3 is 5.69 Å². The molecule has 6 rings (SSSR count). The van der Waals surface area contributed by atoms with Crippen LogP contribution < -0.4 is 10.6 Å². The van der Waals surface area contributed by atoms with Gasteiger partial charge in [0.15, 0.2) is 0 Å². The largest absolute Gasteiger partial charge is 0.350 e. The van der Waals surface area contributed by atoms with Crippen LogP contribution >= 0.6 is 23.4 Å². The topological polar surface area (TPSA) is 58.4 Å². The van der Waals surface area contributed by atoms with Crippen molar-refractivity contribution in [1.82, 2.24) is 14.5 Å². The Labute approximate surface area is 215 Å². The Morgan fingerprint density at radius 1 is 1.28 bits per heavy atom. The molecule has 3 aliphatic rings. The molecule has 1 amide bonds. The van der Waals surface area contributed by atoms with Crippen LogP contribution in [0.5, 0.6) is 0 Å². The summed E-state index contributed by atoms with van der Waals surface area (Å²) in [6.45, 7) is 7.50. The second-order valence-corrected chi connectivity index (χ2v) is 11.6. The lowest BCUT2D eigenvalue weighted by Crippen LogP contribution is -2.54. The number of carbonyl (C=O) groups is 1. The maximum Gasteiger partial charge on any atom is 0.350 e. The summed E-state index contributed by atoms with van der Waals surface area (Å²) in [5.74, 6) is -0.999. The molecule has 0 bridgehead atoms. The highest BCUT2D eigenvalue weighted by molar-refractivity contribution is 8.01. The summed E-state index contributed by atoms with van der Waals surface area (Å²) in [6, 6.07) is 5.08. The number of nitrogens with zero attached hydrogens (tertiary/aromatic N) is 4. The summed E-state index contributed by atoms with van der Waals surface area (Å²) >= 11 is 8.45. The zero-order valence-corrected chi connectivity index (χ0v) is 21.1. The van der Waals surface area contributed by atoms with Crippen molar-refractivity contribution in [3.8, 4) is 11.1 Å². The fourth-order valence-electron chi connectivity index (χ4n) is 5.31. The summed E-state index contributed by atoms with van der Waals surface area (Å²) in [7, 11) is 0. The molecule has 2 aromatic carbocycles. The maximum atomic E-state index is 15.0. The van der Waals surface area contributed by atoms with Gasteiger partial charge < -0.3 is 9.80 Å². The van der Waals surface area contributed by atoms with E-state index in [4.69, 9.17) is 11.6 Å². The number of anilines is 1. The molecule has 0 radical (unpaired) electrons. The zero-order chi connectivity index (χ0) is 25.4. The van der Waals surface area contributed by atoms with E-state index in [0.717, 1.165) is 23.8 Å². The predicted molar refractivity (Wildman–Crippen MR) is 138 cm³/mol. The number of amides is 1. The van der Waals surface area contributed by atoms with Crippen LogP contribution in [0.2, 0.25) is 5.02 Å². The lowest BCUT2D eigenvalue weighted by molar-refractivity contribution is -0.126. The predicted octanol–water partition coefficient (Wildman–Crippen LogP) is 4.86. The first-order valence-electron chi connectivity index (χ1n) is 11.8. The van der Waals surface area contributed by atoms with Crippen LogP contribution in [0, 0.1) is 11.6 Å². The van der Waals surface area contributed by atoms with Crippen LogP contribution in [0.15, 0.2) is 46.6 Å². The second-order valence-electron chi connectivity index (χ2n) is 9.70. The number of aromatic nitrogens is 2. The first-order chi connectivity index (χ1) is 17.2. The Hall–Kier alpha value is -2.91. The molecule has 1 saturated carbocycles. The first kappa shape index (κ1) is 23.5. The first-order valence-corrected chi connectivity index (χ1v) is 13.0. The summed E-state index contributed by atoms with van der Waals surface area (Å²) in [4.78, 5) is 34.5. The Morgan fingerprint density at radius 3 is 2.72 bits per heavy atom. The SMILES string of the molecule is C=CC(=O)N1CCN(c2nc(=O)n3c4c(c(-c5ccc(F)cc5F)c(Cl)cc24)SC2(CC2)C3)[C@@H](C)C1. The quantitative estimate of drug-likeness (QED) is 0.455. The number of carbonyl (C=O) groups excluding carboxylic acids is 1. The van der Waals surface area contributed by atoms with Crippen molar-refractivity contribution in [1.29, 1.82) is 0 Å². The number of thioether (sulfide) groups is 1. The van der Waals surface area contributed by atoms with Gasteiger partial charge in [0.1, 0.15) is 17.5 Å². The molecule has 0 N–H and O–H groups in total. The Morgan fingerprint density at radius 2 is 2.06 bits per heavy atom. The third kappa shape index (κ3) is 3.63. The van der Waals surface area contributed by atoms with E-state index in [1.807, 2.05) is 11.8 Å². The molecule has 1 spiro atoms. The Kier molecular flexibility index (Phi) is 5.42. The van der Waals surface area contributed by atoms with Crippen molar-refractivity contribution < 1.29 is 13.6 Å². The second kappa shape index (κ2) is 8.31. The Bertz CT molecular complexity index is 1520. The van der Waals surface area contributed by atoms with E-state index in [-0.39, 0.29) is 27.9 Å². The molecule has 3 aromatic rings. The van der Waals surface area contributed by atoms with Crippen LogP contribution in [0.3, 0.4) is 0 Å². The van der Waals surface area contributed by atoms with Crippen LogP contribution in [0.25, 0.3) is 22.0 Å². The molecule has 6 nitrogen and oxygen atoms in total. The molecule has 10 heteroatoms. The van der Waals surface area contributed by atoms with Crippen molar-refractivity contribution in [2.75, 3.05) is 24.5 Å². The van der Waals surface area contributed by atoms with Gasteiger partial charge in [-0.15, -0.1) is 11.8 Å². The fourth-order valence-corrected chi connectivity index (χ4v) is 7.24. The van der Waals surface area contributed by atoms with Gasteiger partial charge in [-0.1, -0.05) is 18.2 Å². The van der Waals surface area contributed by atoms with Gasteiger partial charge in [0.05, 0.1) is 10.5 Å². The van der Waals surface area contributed by atoms with E-state index < -0.39 is 11.6 Å². The monoisotopic (exact) mass is 528 g/mol. The molecule has 186 valence electrons. The van der Waals surface area contributed by atoms with Crippen LogP contribution in [0.1, 0.15) is 19.8 Å². The number of benzene rings is 2. The van der Waals surface area contributed by atoms with Crippen molar-refractivity contribution in [3.63, 3.8) is 0 Å². The third-order valence-corrected chi connectivity index (χ3v) is 9.18. The normalized spacial score (nSPS) is 20.2. The van der Waals surface area contributed by atoms with Crippen LogP contribution in [0.4, 0.5) is 14.6 Å². The molecule has 1 atom stereocenters. The summed E-state index contributed by atoms with van der Waals surface area (Å²) < 4.78 is 30.2. The maximum absolute atomic E-state index is 15.0. The summed E-state index contributed by atoms with van der Waals surface area (Å²) in [5.41, 5.74) is 0.977. The highest BCUT2D eigenvalue weighted by Gasteiger charge is 2.48. The number of piperazine rings is 1. The van der Waals surface area contributed by atoms with Gasteiger partial charge in [-0.3, -0.25) is 9.36 Å². The molecular formula is C26H23ClF2N4O2S. The standard InChI is InChI=1S/C26H23ClF2N4O2S/c1-3-20(34)31-8-9-32(14(2)12-31)24-17-11-18(27)21(16-5-4-15(28)10-19(16)29)23-22(17)33(25(35)30-24)13-26(36-23)6-7-26/h3-5,10-11,14H,1,6-9,12-13H2,2H3/t14-/m0/s1. The van der Waals surface area contributed by atoms with Crippen molar-refractivity contribution in [2.24, 2.45) is 0 Å². The van der Waals surface area contributed by atoms with Crippen molar-refractivity contribution >= 4 is 46.0 Å². The lowest BCUT2D eigenvalue weighted by Gasteiger charge is -2.41. The average Bonchev–Trinajstić information content (AvgIpc) is 3.59. The number of halogens is 3. The van der Waals surface area contributed by atoms with Crippen molar-refractivity contribution in [3.05, 3.63) is 64.1 Å². The molecule has 2 fully saturated rings. The molecule has 0 unspecified atom stereocenters. The van der Waals surface area contributed by atoms with Gasteiger partial charge in [-0.25, -0.2) is 13.6 Å². The molecule has 1 saturated heterocycles.